The lowest BCUT2D eigenvalue weighted by molar-refractivity contribution is 0.0992. The van der Waals surface area contributed by atoms with E-state index in [0.29, 0.717) is 18.2 Å². The second-order valence-electron chi connectivity index (χ2n) is 5.74. The van der Waals surface area contributed by atoms with Crippen LogP contribution in [0.15, 0.2) is 11.2 Å². The summed E-state index contributed by atoms with van der Waals surface area (Å²) in [5.74, 6) is 0.909. The summed E-state index contributed by atoms with van der Waals surface area (Å²) in [7, 11) is 0. The molecule has 3 heterocycles. The second-order valence-corrected chi connectivity index (χ2v) is 7.06. The number of rotatable bonds is 5. The molecule has 2 N–H and O–H groups in total. The second kappa shape index (κ2) is 6.75. The Morgan fingerprint density at radius 2 is 2.43 bits per heavy atom. The van der Waals surface area contributed by atoms with Crippen LogP contribution in [0.3, 0.4) is 0 Å². The van der Waals surface area contributed by atoms with E-state index in [-0.39, 0.29) is 0 Å². The molecule has 2 saturated heterocycles. The van der Waals surface area contributed by atoms with E-state index >= 15 is 0 Å². The van der Waals surface area contributed by atoms with Crippen molar-refractivity contribution in [2.45, 2.75) is 57.8 Å². The Hall–Kier alpha value is -1.14. The third-order valence-electron chi connectivity index (χ3n) is 4.04. The van der Waals surface area contributed by atoms with Crippen LogP contribution in [0.25, 0.3) is 0 Å². The standard InChI is InChI=1S/C15H24N4OS/c1-3-16-15(17-7-6-14-18-9-10(2)21-14)19-12-8-11-4-5-13(12)20-11/h9,11-13H,3-8H2,1-2H3,(H2,16,17,19). The molecular formula is C15H24N4OS. The molecule has 2 fully saturated rings. The van der Waals surface area contributed by atoms with Gasteiger partial charge in [0.2, 0.25) is 0 Å². The van der Waals surface area contributed by atoms with Gasteiger partial charge < -0.3 is 15.4 Å². The normalized spacial score (nSPS) is 28.1. The number of hydrogen-bond donors (Lipinski definition) is 2. The number of ether oxygens (including phenoxy) is 1. The lowest BCUT2D eigenvalue weighted by atomic mass is 9.96. The number of hydrogen-bond acceptors (Lipinski definition) is 4. The average Bonchev–Trinajstić information content (AvgIpc) is 3.16. The van der Waals surface area contributed by atoms with Gasteiger partial charge in [-0.25, -0.2) is 4.98 Å². The summed E-state index contributed by atoms with van der Waals surface area (Å²) >= 11 is 1.75. The number of guanidine groups is 1. The fourth-order valence-electron chi connectivity index (χ4n) is 3.07. The van der Waals surface area contributed by atoms with Crippen molar-refractivity contribution in [3.8, 4) is 0 Å². The zero-order valence-corrected chi connectivity index (χ0v) is 13.6. The summed E-state index contributed by atoms with van der Waals surface area (Å²) in [4.78, 5) is 10.3. The maximum Gasteiger partial charge on any atom is 0.191 e. The van der Waals surface area contributed by atoms with Gasteiger partial charge in [0.15, 0.2) is 5.96 Å². The van der Waals surface area contributed by atoms with Gasteiger partial charge in [-0.2, -0.15) is 0 Å². The summed E-state index contributed by atoms with van der Waals surface area (Å²) in [6.07, 6.45) is 7.19. The number of nitrogens with zero attached hydrogens (tertiary/aromatic N) is 2. The van der Waals surface area contributed by atoms with E-state index < -0.39 is 0 Å². The maximum absolute atomic E-state index is 5.89. The average molecular weight is 308 g/mol. The number of fused-ring (bicyclic) bond motifs is 2. The molecule has 5 nitrogen and oxygen atoms in total. The van der Waals surface area contributed by atoms with Gasteiger partial charge in [0.05, 0.1) is 23.3 Å². The summed E-state index contributed by atoms with van der Waals surface area (Å²) in [5, 5.41) is 8.03. The van der Waals surface area contributed by atoms with Gasteiger partial charge in [-0.1, -0.05) is 0 Å². The van der Waals surface area contributed by atoms with Crippen LogP contribution in [0.1, 0.15) is 36.1 Å². The van der Waals surface area contributed by atoms with E-state index in [2.05, 4.69) is 34.5 Å². The van der Waals surface area contributed by atoms with Crippen LogP contribution < -0.4 is 10.6 Å². The SMILES string of the molecule is CCNC(=NCCc1ncc(C)s1)NC1CC2CCC1O2. The molecular weight excluding hydrogens is 284 g/mol. The fourth-order valence-corrected chi connectivity index (χ4v) is 3.84. The van der Waals surface area contributed by atoms with Crippen molar-refractivity contribution in [1.82, 2.24) is 15.6 Å². The monoisotopic (exact) mass is 308 g/mol. The molecule has 0 aliphatic carbocycles. The third-order valence-corrected chi connectivity index (χ3v) is 5.01. The predicted octanol–water partition coefficient (Wildman–Crippen LogP) is 1.87. The maximum atomic E-state index is 5.89. The minimum atomic E-state index is 0.375. The molecule has 0 saturated carbocycles. The van der Waals surface area contributed by atoms with Crippen LogP contribution in [0.4, 0.5) is 0 Å². The first-order valence-electron chi connectivity index (χ1n) is 7.86. The highest BCUT2D eigenvalue weighted by molar-refractivity contribution is 7.11. The highest BCUT2D eigenvalue weighted by atomic mass is 32.1. The Bertz CT molecular complexity index is 502. The molecule has 3 unspecified atom stereocenters. The van der Waals surface area contributed by atoms with E-state index in [0.717, 1.165) is 36.9 Å². The molecule has 2 bridgehead atoms. The van der Waals surface area contributed by atoms with E-state index in [1.807, 2.05) is 6.20 Å². The highest BCUT2D eigenvalue weighted by Crippen LogP contribution is 2.34. The zero-order valence-electron chi connectivity index (χ0n) is 12.8. The molecule has 3 atom stereocenters. The third kappa shape index (κ3) is 3.74. The molecule has 1 aromatic rings. The van der Waals surface area contributed by atoms with Crippen LogP contribution in [0, 0.1) is 6.92 Å². The number of aryl methyl sites for hydroxylation is 1. The molecule has 3 rings (SSSR count). The van der Waals surface area contributed by atoms with Gasteiger partial charge in [0, 0.05) is 30.6 Å². The lowest BCUT2D eigenvalue weighted by Crippen LogP contribution is -2.47. The number of nitrogens with one attached hydrogen (secondary N) is 2. The first kappa shape index (κ1) is 14.8. The van der Waals surface area contributed by atoms with Crippen molar-refractivity contribution < 1.29 is 4.74 Å². The quantitative estimate of drug-likeness (QED) is 0.644. The molecule has 0 radical (unpaired) electrons. The van der Waals surface area contributed by atoms with Crippen LogP contribution in [-0.4, -0.2) is 42.3 Å². The Labute approximate surface area is 130 Å². The largest absolute Gasteiger partial charge is 0.373 e. The van der Waals surface area contributed by atoms with Crippen molar-refractivity contribution in [1.29, 1.82) is 0 Å². The molecule has 0 amide bonds. The van der Waals surface area contributed by atoms with E-state index in [4.69, 9.17) is 4.74 Å². The molecule has 1 aromatic heterocycles. The van der Waals surface area contributed by atoms with Crippen LogP contribution in [0.5, 0.6) is 0 Å². The van der Waals surface area contributed by atoms with Gasteiger partial charge in [-0.05, 0) is 33.1 Å². The summed E-state index contributed by atoms with van der Waals surface area (Å²) in [6, 6.07) is 0.420. The molecule has 0 aromatic carbocycles. The van der Waals surface area contributed by atoms with E-state index in [1.165, 1.54) is 17.7 Å². The first-order valence-corrected chi connectivity index (χ1v) is 8.68. The summed E-state index contributed by atoms with van der Waals surface area (Å²) in [5.41, 5.74) is 0. The van der Waals surface area contributed by atoms with Crippen molar-refractivity contribution in [2.24, 2.45) is 4.99 Å². The van der Waals surface area contributed by atoms with Crippen molar-refractivity contribution in [2.75, 3.05) is 13.1 Å². The molecule has 21 heavy (non-hydrogen) atoms. The zero-order chi connectivity index (χ0) is 14.7. The van der Waals surface area contributed by atoms with Gasteiger partial charge in [-0.3, -0.25) is 4.99 Å². The molecule has 116 valence electrons. The Balaban J connectivity index is 1.52. The number of thiazole rings is 1. The van der Waals surface area contributed by atoms with Crippen LogP contribution >= 0.6 is 11.3 Å². The van der Waals surface area contributed by atoms with Gasteiger partial charge >= 0.3 is 0 Å². The Kier molecular flexibility index (Phi) is 4.75. The Morgan fingerprint density at radius 3 is 3.05 bits per heavy atom. The van der Waals surface area contributed by atoms with E-state index in [1.54, 1.807) is 11.3 Å². The van der Waals surface area contributed by atoms with Gasteiger partial charge in [0.1, 0.15) is 0 Å². The smallest absolute Gasteiger partial charge is 0.191 e. The van der Waals surface area contributed by atoms with Crippen LogP contribution in [-0.2, 0) is 11.2 Å². The van der Waals surface area contributed by atoms with E-state index in [9.17, 15) is 0 Å². The van der Waals surface area contributed by atoms with Crippen molar-refractivity contribution >= 4 is 17.3 Å². The summed E-state index contributed by atoms with van der Waals surface area (Å²) in [6.45, 7) is 5.83. The molecule has 2 aliphatic rings. The summed E-state index contributed by atoms with van der Waals surface area (Å²) < 4.78 is 5.89. The van der Waals surface area contributed by atoms with Gasteiger partial charge in [-0.15, -0.1) is 11.3 Å². The van der Waals surface area contributed by atoms with Gasteiger partial charge in [0.25, 0.3) is 0 Å². The first-order chi connectivity index (χ1) is 10.2. The lowest BCUT2D eigenvalue weighted by Gasteiger charge is -2.22. The van der Waals surface area contributed by atoms with Crippen LogP contribution in [0.2, 0.25) is 0 Å². The minimum absolute atomic E-state index is 0.375. The fraction of sp³-hybridized carbons (Fsp3) is 0.733. The molecule has 0 spiro atoms. The number of aliphatic imine (C=N–C) groups is 1. The molecule has 6 heteroatoms. The Morgan fingerprint density at radius 1 is 1.52 bits per heavy atom. The van der Waals surface area contributed by atoms with Crippen molar-refractivity contribution in [3.05, 3.63) is 16.1 Å². The minimum Gasteiger partial charge on any atom is -0.373 e. The van der Waals surface area contributed by atoms with Crippen molar-refractivity contribution in [3.63, 3.8) is 0 Å². The molecule has 2 aliphatic heterocycles. The number of aromatic nitrogens is 1. The predicted molar refractivity (Wildman–Crippen MR) is 86.0 cm³/mol. The topological polar surface area (TPSA) is 58.5 Å². The highest BCUT2D eigenvalue weighted by Gasteiger charge is 2.41.